The van der Waals surface area contributed by atoms with Gasteiger partial charge in [-0.05, 0) is 20.8 Å². The van der Waals surface area contributed by atoms with Crippen molar-refractivity contribution in [1.82, 2.24) is 0 Å². The third-order valence-electron chi connectivity index (χ3n) is 2.81. The van der Waals surface area contributed by atoms with E-state index in [0.717, 1.165) is 0 Å². The van der Waals surface area contributed by atoms with Gasteiger partial charge in [-0.15, -0.1) is 0 Å². The first-order valence-electron chi connectivity index (χ1n) is 6.72. The zero-order valence-corrected chi connectivity index (χ0v) is 12.3. The van der Waals surface area contributed by atoms with Crippen LogP contribution in [0.1, 0.15) is 20.8 Å². The molecule has 1 atom stereocenters. The fourth-order valence-corrected chi connectivity index (χ4v) is 1.90. The second kappa shape index (κ2) is 7.78. The highest BCUT2D eigenvalue weighted by molar-refractivity contribution is 6.19. The molecule has 0 amide bonds. The van der Waals surface area contributed by atoms with Crippen LogP contribution in [-0.2, 0) is 33.3 Å². The fourth-order valence-electron chi connectivity index (χ4n) is 1.90. The lowest BCUT2D eigenvalue weighted by molar-refractivity contribution is -0.191. The smallest absolute Gasteiger partial charge is 0.338 e. The summed E-state index contributed by atoms with van der Waals surface area (Å²) in [5.74, 6) is -3.15. The number of carbonyl (C=O) groups is 3. The first-order chi connectivity index (χ1) is 10.0. The summed E-state index contributed by atoms with van der Waals surface area (Å²) in [6, 6.07) is 0. The van der Waals surface area contributed by atoms with E-state index >= 15 is 0 Å². The van der Waals surface area contributed by atoms with Gasteiger partial charge in [0.1, 0.15) is 12.7 Å². The molecule has 0 aromatic rings. The molecule has 21 heavy (non-hydrogen) atoms. The predicted octanol–water partition coefficient (Wildman–Crippen LogP) is 0.779. The third kappa shape index (κ3) is 3.24. The van der Waals surface area contributed by atoms with Crippen LogP contribution in [0.5, 0.6) is 0 Å². The average molecular weight is 299 g/mol. The highest BCUT2D eigenvalue weighted by atomic mass is 16.6. The Morgan fingerprint density at radius 2 is 1.38 bits per heavy atom. The van der Waals surface area contributed by atoms with E-state index in [9.17, 15) is 14.4 Å². The minimum atomic E-state index is -2.31. The number of hydrogen-bond donors (Lipinski definition) is 0. The van der Waals surface area contributed by atoms with Crippen LogP contribution < -0.4 is 0 Å². The molecule has 1 unspecified atom stereocenters. The second-order valence-electron chi connectivity index (χ2n) is 4.05. The molecule has 7 heteroatoms. The summed E-state index contributed by atoms with van der Waals surface area (Å²) < 4.78 is 19.8. The van der Waals surface area contributed by atoms with Crippen molar-refractivity contribution in [1.29, 1.82) is 0 Å². The van der Waals surface area contributed by atoms with Crippen molar-refractivity contribution in [2.75, 3.05) is 19.8 Å². The molecule has 0 aromatic carbocycles. The Morgan fingerprint density at radius 1 is 0.952 bits per heavy atom. The van der Waals surface area contributed by atoms with Gasteiger partial charge in [0, 0.05) is 0 Å². The molecule has 0 spiro atoms. The maximum atomic E-state index is 12.3. The molecule has 7 nitrogen and oxygen atoms in total. The molecule has 0 saturated carbocycles. The van der Waals surface area contributed by atoms with Gasteiger partial charge in [-0.3, -0.25) is 14.4 Å². The maximum absolute atomic E-state index is 12.3. The van der Waals surface area contributed by atoms with Crippen LogP contribution in [0.25, 0.3) is 0 Å². The summed E-state index contributed by atoms with van der Waals surface area (Å²) in [6.07, 6.45) is 1.73. The summed E-state index contributed by atoms with van der Waals surface area (Å²) in [6.45, 7) is 5.97. The summed E-state index contributed by atoms with van der Waals surface area (Å²) in [5.41, 5.74) is -2.31. The monoisotopic (exact) mass is 299 g/mol. The topological polar surface area (TPSA) is 88.1 Å². The SMILES string of the molecule is CCOC(=O)C(C(=O)OCC)(C(=O)OCC)C1C=C[CH]O1. The molecule has 1 rings (SSSR count). The van der Waals surface area contributed by atoms with E-state index in [2.05, 4.69) is 0 Å². The highest BCUT2D eigenvalue weighted by Gasteiger charge is 2.63. The van der Waals surface area contributed by atoms with Crippen LogP contribution >= 0.6 is 0 Å². The van der Waals surface area contributed by atoms with Gasteiger partial charge < -0.3 is 18.9 Å². The van der Waals surface area contributed by atoms with Gasteiger partial charge in [0.25, 0.3) is 5.41 Å². The van der Waals surface area contributed by atoms with Gasteiger partial charge in [-0.2, -0.15) is 0 Å². The standard InChI is InChI=1S/C14H19O7/c1-4-18-11(15)14(12(16)19-5-2,13(17)20-6-3)10-8-7-9-21-10/h7-10H,4-6H2,1-3H3. The lowest BCUT2D eigenvalue weighted by Gasteiger charge is -2.30. The van der Waals surface area contributed by atoms with Crippen LogP contribution in [-0.4, -0.2) is 43.8 Å². The van der Waals surface area contributed by atoms with Crippen molar-refractivity contribution in [2.24, 2.45) is 5.41 Å². The van der Waals surface area contributed by atoms with Crippen LogP contribution in [0.4, 0.5) is 0 Å². The highest BCUT2D eigenvalue weighted by Crippen LogP contribution is 2.34. The first kappa shape index (κ1) is 17.2. The van der Waals surface area contributed by atoms with Gasteiger partial charge in [-0.25, -0.2) is 0 Å². The average Bonchev–Trinajstić information content (AvgIpc) is 2.95. The Hall–Kier alpha value is -1.89. The molecule has 0 aliphatic carbocycles. The van der Waals surface area contributed by atoms with Crippen LogP contribution in [0.2, 0.25) is 0 Å². The van der Waals surface area contributed by atoms with E-state index in [0.29, 0.717) is 0 Å². The van der Waals surface area contributed by atoms with Crippen LogP contribution in [0.15, 0.2) is 12.2 Å². The minimum Gasteiger partial charge on any atom is -0.465 e. The lowest BCUT2D eigenvalue weighted by atomic mass is 9.81. The van der Waals surface area contributed by atoms with Crippen molar-refractivity contribution < 1.29 is 33.3 Å². The Balaban J connectivity index is 3.31. The Morgan fingerprint density at radius 3 is 1.67 bits per heavy atom. The number of carbonyl (C=O) groups excluding carboxylic acids is 3. The Bertz CT molecular complexity index is 381. The van der Waals surface area contributed by atoms with Gasteiger partial charge in [0.2, 0.25) is 0 Å². The summed E-state index contributed by atoms with van der Waals surface area (Å²) in [7, 11) is 0. The van der Waals surface area contributed by atoms with Crippen molar-refractivity contribution >= 4 is 17.9 Å². The number of hydrogen-bond acceptors (Lipinski definition) is 7. The molecule has 1 aliphatic rings. The van der Waals surface area contributed by atoms with E-state index in [-0.39, 0.29) is 19.8 Å². The molecule has 0 N–H and O–H groups in total. The van der Waals surface area contributed by atoms with Gasteiger partial charge >= 0.3 is 17.9 Å². The Labute approximate surface area is 123 Å². The van der Waals surface area contributed by atoms with Crippen LogP contribution in [0.3, 0.4) is 0 Å². The molecule has 0 bridgehead atoms. The van der Waals surface area contributed by atoms with E-state index in [1.165, 1.54) is 18.8 Å². The van der Waals surface area contributed by atoms with E-state index in [1.54, 1.807) is 20.8 Å². The summed E-state index contributed by atoms with van der Waals surface area (Å²) in [5, 5.41) is 0. The third-order valence-corrected chi connectivity index (χ3v) is 2.81. The largest absolute Gasteiger partial charge is 0.465 e. The lowest BCUT2D eigenvalue weighted by Crippen LogP contribution is -2.56. The molecular weight excluding hydrogens is 280 g/mol. The minimum absolute atomic E-state index is 0.000454. The molecule has 0 fully saturated rings. The Kier molecular flexibility index (Phi) is 6.36. The number of rotatable bonds is 7. The molecule has 1 heterocycles. The van der Waals surface area contributed by atoms with Crippen molar-refractivity contribution in [3.8, 4) is 0 Å². The van der Waals surface area contributed by atoms with Crippen molar-refractivity contribution in [3.63, 3.8) is 0 Å². The van der Waals surface area contributed by atoms with Crippen molar-refractivity contribution in [3.05, 3.63) is 18.8 Å². The van der Waals surface area contributed by atoms with Gasteiger partial charge in [0.05, 0.1) is 19.8 Å². The fraction of sp³-hybridized carbons (Fsp3) is 0.571. The quantitative estimate of drug-likeness (QED) is 0.390. The molecular formula is C14H19O7. The van der Waals surface area contributed by atoms with E-state index in [4.69, 9.17) is 18.9 Å². The molecule has 1 aliphatic heterocycles. The van der Waals surface area contributed by atoms with Crippen molar-refractivity contribution in [2.45, 2.75) is 26.9 Å². The molecule has 0 aromatic heterocycles. The molecule has 0 saturated heterocycles. The van der Waals surface area contributed by atoms with E-state index in [1.807, 2.05) is 0 Å². The molecule has 117 valence electrons. The number of esters is 3. The van der Waals surface area contributed by atoms with Crippen LogP contribution in [0, 0.1) is 12.0 Å². The van der Waals surface area contributed by atoms with Gasteiger partial charge in [-0.1, -0.05) is 12.2 Å². The van der Waals surface area contributed by atoms with E-state index < -0.39 is 29.4 Å². The first-order valence-corrected chi connectivity index (χ1v) is 6.72. The summed E-state index contributed by atoms with van der Waals surface area (Å²) in [4.78, 5) is 37.0. The maximum Gasteiger partial charge on any atom is 0.338 e. The normalized spacial score (nSPS) is 17.4. The second-order valence-corrected chi connectivity index (χ2v) is 4.05. The number of ether oxygens (including phenoxy) is 4. The zero-order chi connectivity index (χ0) is 15.9. The van der Waals surface area contributed by atoms with Gasteiger partial charge in [0.15, 0.2) is 0 Å². The zero-order valence-electron chi connectivity index (χ0n) is 12.3. The molecule has 1 radical (unpaired) electrons. The predicted molar refractivity (Wildman–Crippen MR) is 70.6 cm³/mol. The summed E-state index contributed by atoms with van der Waals surface area (Å²) >= 11 is 0.